The molecule has 0 aromatic heterocycles. The highest BCUT2D eigenvalue weighted by atomic mass is 16.5. The fraction of sp³-hybridized carbons (Fsp3) is 0.224. The maximum Gasteiger partial charge on any atom is 0.135 e. The largest absolute Gasteiger partial charge is 0.489 e. The van der Waals surface area contributed by atoms with Crippen molar-refractivity contribution in [2.45, 2.75) is 95.0 Å². The third-order valence-corrected chi connectivity index (χ3v) is 15.7. The van der Waals surface area contributed by atoms with Gasteiger partial charge in [0.2, 0.25) is 0 Å². The molecule has 0 spiro atoms. The Bertz CT molecular complexity index is 3150. The number of aliphatic hydroxyl groups is 2. The molecule has 10 aromatic carbocycles. The number of benzene rings is 10. The van der Waals surface area contributed by atoms with E-state index in [1.807, 2.05) is 0 Å². The van der Waals surface area contributed by atoms with Gasteiger partial charge in [0, 0.05) is 27.7 Å². The molecule has 0 atom stereocenters. The van der Waals surface area contributed by atoms with Gasteiger partial charge in [-0.1, -0.05) is 159 Å². The lowest BCUT2D eigenvalue weighted by atomic mass is 9.74. The lowest BCUT2D eigenvalue weighted by Gasteiger charge is -2.33. The predicted octanol–water partition coefficient (Wildman–Crippen LogP) is 16.7. The highest BCUT2D eigenvalue weighted by Crippen LogP contribution is 2.50. The van der Waals surface area contributed by atoms with Crippen molar-refractivity contribution >= 4 is 43.1 Å². The molecule has 0 bridgehead atoms. The van der Waals surface area contributed by atoms with E-state index in [9.17, 15) is 10.2 Å². The highest BCUT2D eigenvalue weighted by Gasteiger charge is 2.32. The molecule has 2 saturated carbocycles. The molecule has 0 heterocycles. The zero-order valence-corrected chi connectivity index (χ0v) is 40.7. The minimum atomic E-state index is -0.546. The second-order valence-electron chi connectivity index (χ2n) is 20.8. The third kappa shape index (κ3) is 8.97. The summed E-state index contributed by atoms with van der Waals surface area (Å²) in [4.78, 5) is 0. The van der Waals surface area contributed by atoms with Gasteiger partial charge in [0.1, 0.15) is 11.5 Å². The van der Waals surface area contributed by atoms with E-state index >= 15 is 0 Å². The van der Waals surface area contributed by atoms with Gasteiger partial charge in [-0.05, 0) is 176 Å². The van der Waals surface area contributed by atoms with E-state index in [-0.39, 0.29) is 24.4 Å². The van der Waals surface area contributed by atoms with Gasteiger partial charge in [-0.15, -0.1) is 0 Å². The van der Waals surface area contributed by atoms with Gasteiger partial charge in [-0.25, -0.2) is 0 Å². The first-order valence-corrected chi connectivity index (χ1v) is 25.7. The predicted molar refractivity (Wildman–Crippen MR) is 295 cm³/mol. The highest BCUT2D eigenvalue weighted by molar-refractivity contribution is 5.96. The van der Waals surface area contributed by atoms with Gasteiger partial charge in [-0.2, -0.15) is 0 Å². The molecule has 0 saturated heterocycles. The van der Waals surface area contributed by atoms with E-state index in [1.165, 1.54) is 54.2 Å². The van der Waals surface area contributed by atoms with Gasteiger partial charge in [0.05, 0.1) is 24.4 Å². The minimum absolute atomic E-state index is 0.0235. The van der Waals surface area contributed by atoms with E-state index in [2.05, 4.69) is 208 Å². The number of rotatable bonds is 10. The first kappa shape index (κ1) is 44.9. The van der Waals surface area contributed by atoms with Gasteiger partial charge in [0.15, 0.2) is 0 Å². The fourth-order valence-corrected chi connectivity index (χ4v) is 11.3. The Morgan fingerprint density at radius 3 is 0.845 bits per heavy atom. The van der Waals surface area contributed by atoms with Gasteiger partial charge >= 0.3 is 0 Å². The van der Waals surface area contributed by atoms with Crippen LogP contribution in [0.3, 0.4) is 0 Å². The second kappa shape index (κ2) is 18.8. The topological polar surface area (TPSA) is 58.9 Å². The maximum absolute atomic E-state index is 10.6. The van der Waals surface area contributed by atoms with Crippen LogP contribution in [0.4, 0.5) is 0 Å². The smallest absolute Gasteiger partial charge is 0.135 e. The normalized spacial score (nSPS) is 18.5. The zero-order valence-electron chi connectivity index (χ0n) is 40.7. The van der Waals surface area contributed by atoms with Gasteiger partial charge < -0.3 is 19.7 Å². The van der Waals surface area contributed by atoms with Crippen molar-refractivity contribution in [1.82, 2.24) is 0 Å². The number of ether oxygens (including phenoxy) is 2. The minimum Gasteiger partial charge on any atom is -0.489 e. The fourth-order valence-electron chi connectivity index (χ4n) is 11.3. The average Bonchev–Trinajstić information content (AvgIpc) is 3.41. The summed E-state index contributed by atoms with van der Waals surface area (Å²) in [6.45, 7) is 4.74. The van der Waals surface area contributed by atoms with E-state index in [0.717, 1.165) is 107 Å². The van der Waals surface area contributed by atoms with Crippen LogP contribution in [0.25, 0.3) is 87.6 Å². The standard InChI is InChI=1S/C67H60O4/c1-67(2,55-39-61(51-23-19-43-11-3-7-15-47(43)35-51)65(70-59-31-27-57(68)28-32-59)62(40-55)52-24-20-44-12-4-8-16-48(44)36-52)56-41-63(53-25-21-45-13-5-9-17-49(45)37-53)66(71-60-33-29-58(69)30-34-60)64(42-56)54-26-22-46-14-6-10-18-50(46)38-54/h3-26,35-42,57-60,68-69H,27-34H2,1-2H3. The number of hydrogen-bond acceptors (Lipinski definition) is 4. The van der Waals surface area contributed by atoms with Crippen LogP contribution in [0.15, 0.2) is 194 Å². The number of hydrogen-bond donors (Lipinski definition) is 2. The molecule has 2 aliphatic rings. The molecule has 12 rings (SSSR count). The molecule has 0 unspecified atom stereocenters. The van der Waals surface area contributed by atoms with Crippen LogP contribution >= 0.6 is 0 Å². The molecule has 10 aromatic rings. The molecule has 4 nitrogen and oxygen atoms in total. The molecule has 2 aliphatic carbocycles. The Morgan fingerprint density at radius 2 is 0.577 bits per heavy atom. The van der Waals surface area contributed by atoms with Crippen molar-refractivity contribution in [2.75, 3.05) is 0 Å². The lowest BCUT2D eigenvalue weighted by molar-refractivity contribution is 0.0671. The Morgan fingerprint density at radius 1 is 0.324 bits per heavy atom. The summed E-state index contributed by atoms with van der Waals surface area (Å²) in [7, 11) is 0. The van der Waals surface area contributed by atoms with Crippen molar-refractivity contribution < 1.29 is 19.7 Å². The van der Waals surface area contributed by atoms with Gasteiger partial charge in [-0.3, -0.25) is 0 Å². The quantitative estimate of drug-likeness (QED) is 0.143. The van der Waals surface area contributed by atoms with E-state index < -0.39 is 5.41 Å². The summed E-state index contributed by atoms with van der Waals surface area (Å²) in [5.41, 5.74) is 10.4. The van der Waals surface area contributed by atoms with Crippen molar-refractivity contribution in [3.05, 3.63) is 205 Å². The molecular weight excluding hydrogens is 869 g/mol. The third-order valence-electron chi connectivity index (χ3n) is 15.7. The molecule has 4 heteroatoms. The van der Waals surface area contributed by atoms with Crippen LogP contribution in [0, 0.1) is 0 Å². The second-order valence-corrected chi connectivity index (χ2v) is 20.8. The number of fused-ring (bicyclic) bond motifs is 4. The molecule has 2 N–H and O–H groups in total. The summed E-state index contributed by atoms with van der Waals surface area (Å²) < 4.78 is 14.7. The van der Waals surface area contributed by atoms with E-state index in [4.69, 9.17) is 9.47 Å². The zero-order chi connectivity index (χ0) is 48.1. The first-order chi connectivity index (χ1) is 34.7. The van der Waals surface area contributed by atoms with Crippen molar-refractivity contribution in [2.24, 2.45) is 0 Å². The average molecular weight is 929 g/mol. The summed E-state index contributed by atoms with van der Waals surface area (Å²) in [6.07, 6.45) is 5.50. The Kier molecular flexibility index (Phi) is 11.9. The van der Waals surface area contributed by atoms with Crippen LogP contribution in [0.5, 0.6) is 11.5 Å². The van der Waals surface area contributed by atoms with E-state index in [0.29, 0.717) is 0 Å². The maximum atomic E-state index is 10.6. The number of aliphatic hydroxyl groups excluding tert-OH is 2. The summed E-state index contributed by atoms with van der Waals surface area (Å²) in [6, 6.07) is 71.1. The Balaban J connectivity index is 1.11. The summed E-state index contributed by atoms with van der Waals surface area (Å²) in [5, 5.41) is 30.7. The SMILES string of the molecule is CC(C)(c1cc(-c2ccc3ccccc3c2)c(OC2CCC(O)CC2)c(-c2ccc3ccccc3c2)c1)c1cc(-c2ccc3ccccc3c2)c(OC2CCC(O)CC2)c(-c2ccc3ccccc3c2)c1. The molecule has 71 heavy (non-hydrogen) atoms. The van der Waals surface area contributed by atoms with Crippen molar-refractivity contribution in [3.8, 4) is 56.0 Å². The summed E-state index contributed by atoms with van der Waals surface area (Å²) >= 11 is 0. The van der Waals surface area contributed by atoms with Crippen molar-refractivity contribution in [1.29, 1.82) is 0 Å². The molecule has 0 aliphatic heterocycles. The molecular formula is C67H60O4. The van der Waals surface area contributed by atoms with E-state index in [1.54, 1.807) is 0 Å². The first-order valence-electron chi connectivity index (χ1n) is 25.7. The lowest BCUT2D eigenvalue weighted by Crippen LogP contribution is -2.27. The monoisotopic (exact) mass is 928 g/mol. The van der Waals surface area contributed by atoms with Crippen LogP contribution < -0.4 is 9.47 Å². The molecule has 0 radical (unpaired) electrons. The van der Waals surface area contributed by atoms with Crippen LogP contribution in [-0.4, -0.2) is 34.6 Å². The van der Waals surface area contributed by atoms with Crippen LogP contribution in [0.2, 0.25) is 0 Å². The summed E-state index contributed by atoms with van der Waals surface area (Å²) in [5.74, 6) is 1.76. The molecule has 0 amide bonds. The van der Waals surface area contributed by atoms with Crippen LogP contribution in [0.1, 0.15) is 76.3 Å². The van der Waals surface area contributed by atoms with Crippen LogP contribution in [-0.2, 0) is 5.41 Å². The van der Waals surface area contributed by atoms with Crippen molar-refractivity contribution in [3.63, 3.8) is 0 Å². The molecule has 352 valence electrons. The molecule has 2 fully saturated rings. The van der Waals surface area contributed by atoms with Gasteiger partial charge in [0.25, 0.3) is 0 Å². The Hall–Kier alpha value is -7.24. The Labute approximate surface area is 417 Å².